The molecule has 0 spiro atoms. The molecule has 1 aromatic heterocycles. The summed E-state index contributed by atoms with van der Waals surface area (Å²) < 4.78 is 19.4. The summed E-state index contributed by atoms with van der Waals surface area (Å²) in [5.41, 5.74) is 0.979. The number of anilines is 1. The van der Waals surface area contributed by atoms with Crippen LogP contribution in [-0.4, -0.2) is 44.3 Å². The first-order valence-electron chi connectivity index (χ1n) is 6.96. The van der Waals surface area contributed by atoms with Gasteiger partial charge in [0, 0.05) is 19.6 Å². The van der Waals surface area contributed by atoms with Gasteiger partial charge in [0.15, 0.2) is 0 Å². The van der Waals surface area contributed by atoms with Gasteiger partial charge in [-0.15, -0.1) is 0 Å². The Bertz CT molecular complexity index is 569. The summed E-state index contributed by atoms with van der Waals surface area (Å²) >= 11 is 1.56. The minimum absolute atomic E-state index is 0.188. The summed E-state index contributed by atoms with van der Waals surface area (Å²) in [6, 6.07) is 4.82. The third-order valence-electron chi connectivity index (χ3n) is 3.44. The molecule has 1 aliphatic rings. The van der Waals surface area contributed by atoms with E-state index >= 15 is 0 Å². The third-order valence-corrected chi connectivity index (χ3v) is 4.45. The van der Waals surface area contributed by atoms with E-state index in [-0.39, 0.29) is 5.82 Å². The zero-order chi connectivity index (χ0) is 13.8. The van der Waals surface area contributed by atoms with Crippen molar-refractivity contribution < 1.29 is 14.1 Å². The molecule has 1 aromatic carbocycles. The van der Waals surface area contributed by atoms with Crippen molar-refractivity contribution in [1.29, 1.82) is 0 Å². The van der Waals surface area contributed by atoms with Gasteiger partial charge in [0.05, 0.1) is 24.5 Å². The quantitative estimate of drug-likeness (QED) is 0.858. The number of morpholine rings is 1. The topological polar surface area (TPSA) is 38.6 Å². The van der Waals surface area contributed by atoms with Crippen molar-refractivity contribution in [3.8, 4) is 0 Å². The van der Waals surface area contributed by atoms with Crippen molar-refractivity contribution >= 4 is 26.7 Å². The van der Waals surface area contributed by atoms with Gasteiger partial charge < -0.3 is 4.74 Å². The summed E-state index contributed by atoms with van der Waals surface area (Å²) in [7, 11) is 0. The fourth-order valence-electron chi connectivity index (χ4n) is 2.35. The lowest BCUT2D eigenvalue weighted by molar-refractivity contribution is -0.321. The first-order chi connectivity index (χ1) is 9.81. The van der Waals surface area contributed by atoms with Gasteiger partial charge in [-0.05, 0) is 36.0 Å². The number of ether oxygens (including phenoxy) is 1. The van der Waals surface area contributed by atoms with Gasteiger partial charge in [-0.2, -0.15) is 0 Å². The second-order valence-electron chi connectivity index (χ2n) is 4.93. The summed E-state index contributed by atoms with van der Waals surface area (Å²) in [5.74, 6) is -0.188. The molecule has 0 radical (unpaired) electrons. The van der Waals surface area contributed by atoms with Crippen LogP contribution in [0, 0.1) is 5.82 Å². The smallest absolute Gasteiger partial charge is 0.332 e. The Morgan fingerprint density at radius 3 is 3.05 bits per heavy atom. The van der Waals surface area contributed by atoms with E-state index in [4.69, 9.17) is 4.74 Å². The third kappa shape index (κ3) is 3.45. The summed E-state index contributed by atoms with van der Waals surface area (Å²) in [6.45, 7) is 5.79. The first kappa shape index (κ1) is 13.7. The SMILES string of the molecule is Fc1ccc2[nH+]c(NCCCN3CCOCC3)sc2c1. The molecule has 0 saturated carbocycles. The fourth-order valence-corrected chi connectivity index (χ4v) is 3.31. The minimum Gasteiger partial charge on any atom is -0.379 e. The number of fused-ring (bicyclic) bond motifs is 1. The number of nitrogens with zero attached hydrogens (tertiary/aromatic N) is 1. The van der Waals surface area contributed by atoms with Crippen LogP contribution in [0.25, 0.3) is 10.2 Å². The Balaban J connectivity index is 1.47. The summed E-state index contributed by atoms with van der Waals surface area (Å²) in [4.78, 5) is 5.69. The standard InChI is InChI=1S/C14H18FN3OS/c15-11-2-3-12-13(10-11)20-14(17-12)16-4-1-5-18-6-8-19-9-7-18/h2-3,10H,1,4-9H2,(H,16,17)/p+1. The molecule has 6 heteroatoms. The molecule has 0 aliphatic carbocycles. The highest BCUT2D eigenvalue weighted by molar-refractivity contribution is 7.21. The van der Waals surface area contributed by atoms with Gasteiger partial charge in [0.25, 0.3) is 0 Å². The van der Waals surface area contributed by atoms with Crippen LogP contribution < -0.4 is 10.3 Å². The number of hydrogen-bond acceptors (Lipinski definition) is 4. The van der Waals surface area contributed by atoms with Crippen LogP contribution in [0.4, 0.5) is 9.52 Å². The number of rotatable bonds is 5. The Morgan fingerprint density at radius 2 is 2.20 bits per heavy atom. The highest BCUT2D eigenvalue weighted by Crippen LogP contribution is 2.22. The number of H-pyrrole nitrogens is 1. The van der Waals surface area contributed by atoms with Crippen molar-refractivity contribution in [3.63, 3.8) is 0 Å². The number of aromatic nitrogens is 1. The molecule has 0 atom stereocenters. The Morgan fingerprint density at radius 1 is 1.35 bits per heavy atom. The molecule has 2 N–H and O–H groups in total. The van der Waals surface area contributed by atoms with Crippen LogP contribution in [0.5, 0.6) is 0 Å². The van der Waals surface area contributed by atoms with E-state index in [0.717, 1.165) is 61.2 Å². The maximum absolute atomic E-state index is 13.1. The van der Waals surface area contributed by atoms with Gasteiger partial charge in [0.1, 0.15) is 11.3 Å². The molecule has 3 rings (SSSR count). The lowest BCUT2D eigenvalue weighted by Crippen LogP contribution is -2.37. The zero-order valence-electron chi connectivity index (χ0n) is 11.3. The van der Waals surface area contributed by atoms with Crippen molar-refractivity contribution in [2.24, 2.45) is 0 Å². The number of hydrogen-bond donors (Lipinski definition) is 1. The van der Waals surface area contributed by atoms with Crippen LogP contribution in [-0.2, 0) is 4.74 Å². The highest BCUT2D eigenvalue weighted by atomic mass is 32.1. The second-order valence-corrected chi connectivity index (χ2v) is 5.98. The number of benzene rings is 1. The highest BCUT2D eigenvalue weighted by Gasteiger charge is 2.12. The van der Waals surface area contributed by atoms with Gasteiger partial charge >= 0.3 is 5.13 Å². The number of thiazole rings is 1. The van der Waals surface area contributed by atoms with Gasteiger partial charge in [-0.1, -0.05) is 0 Å². The van der Waals surface area contributed by atoms with Crippen LogP contribution in [0.2, 0.25) is 0 Å². The molecule has 1 aliphatic heterocycles. The molecular weight excluding hydrogens is 277 g/mol. The van der Waals surface area contributed by atoms with E-state index in [9.17, 15) is 4.39 Å². The van der Waals surface area contributed by atoms with Crippen molar-refractivity contribution in [2.75, 3.05) is 44.7 Å². The molecule has 1 fully saturated rings. The summed E-state index contributed by atoms with van der Waals surface area (Å²) in [6.07, 6.45) is 1.09. The van der Waals surface area contributed by atoms with Gasteiger partial charge in [-0.3, -0.25) is 10.2 Å². The number of aromatic amines is 1. The molecule has 0 amide bonds. The molecule has 0 unspecified atom stereocenters. The Hall–Kier alpha value is -1.24. The molecule has 108 valence electrons. The maximum Gasteiger partial charge on any atom is 0.332 e. The van der Waals surface area contributed by atoms with E-state index in [0.29, 0.717) is 0 Å². The molecule has 2 heterocycles. The van der Waals surface area contributed by atoms with Crippen LogP contribution >= 0.6 is 11.3 Å². The predicted octanol–water partition coefficient (Wildman–Crippen LogP) is 1.99. The number of halogens is 1. The lowest BCUT2D eigenvalue weighted by atomic mass is 10.3. The second kappa shape index (κ2) is 6.47. The molecular formula is C14H19FN3OS+. The zero-order valence-corrected chi connectivity index (χ0v) is 12.1. The Labute approximate surface area is 121 Å². The molecule has 1 saturated heterocycles. The van der Waals surface area contributed by atoms with E-state index in [2.05, 4.69) is 15.2 Å². The fraction of sp³-hybridized carbons (Fsp3) is 0.500. The molecule has 2 aromatic rings. The summed E-state index contributed by atoms with van der Waals surface area (Å²) in [5, 5.41) is 4.37. The van der Waals surface area contributed by atoms with Gasteiger partial charge in [0.2, 0.25) is 0 Å². The van der Waals surface area contributed by atoms with Crippen LogP contribution in [0.3, 0.4) is 0 Å². The monoisotopic (exact) mass is 296 g/mol. The van der Waals surface area contributed by atoms with E-state index < -0.39 is 0 Å². The van der Waals surface area contributed by atoms with Crippen LogP contribution in [0.1, 0.15) is 6.42 Å². The van der Waals surface area contributed by atoms with Gasteiger partial charge in [-0.25, -0.2) is 9.37 Å². The van der Waals surface area contributed by atoms with Crippen molar-refractivity contribution in [1.82, 2.24) is 4.90 Å². The van der Waals surface area contributed by atoms with Crippen LogP contribution in [0.15, 0.2) is 18.2 Å². The lowest BCUT2D eigenvalue weighted by Gasteiger charge is -2.26. The molecule has 4 nitrogen and oxygen atoms in total. The maximum atomic E-state index is 13.1. The van der Waals surface area contributed by atoms with E-state index in [1.165, 1.54) is 6.07 Å². The molecule has 20 heavy (non-hydrogen) atoms. The molecule has 0 bridgehead atoms. The Kier molecular flexibility index (Phi) is 4.44. The first-order valence-corrected chi connectivity index (χ1v) is 7.78. The predicted molar refractivity (Wildman–Crippen MR) is 78.7 cm³/mol. The van der Waals surface area contributed by atoms with Crippen molar-refractivity contribution in [3.05, 3.63) is 24.0 Å². The number of nitrogens with one attached hydrogen (secondary N) is 2. The average Bonchev–Trinajstić information content (AvgIpc) is 2.86. The van der Waals surface area contributed by atoms with E-state index in [1.54, 1.807) is 23.5 Å². The minimum atomic E-state index is -0.188. The largest absolute Gasteiger partial charge is 0.379 e. The van der Waals surface area contributed by atoms with Crippen molar-refractivity contribution in [2.45, 2.75) is 6.42 Å². The van der Waals surface area contributed by atoms with E-state index in [1.807, 2.05) is 0 Å². The average molecular weight is 296 g/mol. The normalized spacial score (nSPS) is 16.6.